The molecular formula is C23H47NO. The van der Waals surface area contributed by atoms with Gasteiger partial charge < -0.3 is 5.32 Å². The smallest absolute Gasteiger partial charge is 0.223 e. The first-order valence-corrected chi connectivity index (χ1v) is 10.9. The highest BCUT2D eigenvalue weighted by molar-refractivity contribution is 5.78. The van der Waals surface area contributed by atoms with Crippen molar-refractivity contribution in [1.29, 1.82) is 0 Å². The molecule has 0 aliphatic carbocycles. The third-order valence-corrected chi connectivity index (χ3v) is 5.05. The minimum absolute atomic E-state index is 0.200. The predicted molar refractivity (Wildman–Crippen MR) is 112 cm³/mol. The topological polar surface area (TPSA) is 29.1 Å². The first-order chi connectivity index (χ1) is 11.5. The van der Waals surface area contributed by atoms with Crippen molar-refractivity contribution in [2.45, 2.75) is 119 Å². The molecule has 1 amide bonds. The third-order valence-electron chi connectivity index (χ3n) is 5.05. The number of nitrogens with one attached hydrogen (secondary N) is 1. The molecular weight excluding hydrogens is 306 g/mol. The van der Waals surface area contributed by atoms with Gasteiger partial charge in [-0.1, -0.05) is 73.6 Å². The van der Waals surface area contributed by atoms with E-state index in [0.717, 1.165) is 18.8 Å². The zero-order valence-corrected chi connectivity index (χ0v) is 18.6. The maximum Gasteiger partial charge on any atom is 0.223 e. The summed E-state index contributed by atoms with van der Waals surface area (Å²) in [5, 5.41) is 3.15. The normalized spacial score (nSPS) is 15.9. The molecule has 0 radical (unpaired) electrons. The van der Waals surface area contributed by atoms with Crippen LogP contribution in [-0.2, 0) is 4.79 Å². The van der Waals surface area contributed by atoms with Crippen molar-refractivity contribution >= 4 is 5.91 Å². The minimum atomic E-state index is 0.200. The number of unbranched alkanes of at least 4 members (excludes halogenated alkanes) is 1. The first-order valence-electron chi connectivity index (χ1n) is 10.9. The van der Waals surface area contributed by atoms with E-state index in [9.17, 15) is 4.79 Å². The van der Waals surface area contributed by atoms with Crippen LogP contribution in [0, 0.1) is 23.2 Å². The fourth-order valence-corrected chi connectivity index (χ4v) is 3.96. The summed E-state index contributed by atoms with van der Waals surface area (Å²) in [6.07, 6.45) is 10.9. The zero-order valence-electron chi connectivity index (χ0n) is 18.6. The van der Waals surface area contributed by atoms with Crippen molar-refractivity contribution in [1.82, 2.24) is 5.32 Å². The Labute approximate surface area is 158 Å². The van der Waals surface area contributed by atoms with Crippen LogP contribution < -0.4 is 5.32 Å². The highest BCUT2D eigenvalue weighted by atomic mass is 16.1. The molecule has 0 spiro atoms. The van der Waals surface area contributed by atoms with Gasteiger partial charge in [0.25, 0.3) is 0 Å². The summed E-state index contributed by atoms with van der Waals surface area (Å²) in [5.41, 5.74) is 0.379. The molecule has 3 unspecified atom stereocenters. The number of rotatable bonds is 13. The average Bonchev–Trinajstić information content (AvgIpc) is 2.43. The van der Waals surface area contributed by atoms with E-state index in [-0.39, 0.29) is 17.9 Å². The molecule has 0 saturated heterocycles. The summed E-state index contributed by atoms with van der Waals surface area (Å²) in [7, 11) is 0. The quantitative estimate of drug-likeness (QED) is 0.356. The summed E-state index contributed by atoms with van der Waals surface area (Å²) in [4.78, 5) is 12.6. The number of hydrogen-bond acceptors (Lipinski definition) is 1. The molecule has 0 saturated carbocycles. The van der Waals surface area contributed by atoms with Crippen LogP contribution in [0.25, 0.3) is 0 Å². The Morgan fingerprint density at radius 3 is 1.96 bits per heavy atom. The fourth-order valence-electron chi connectivity index (χ4n) is 3.96. The molecule has 0 heterocycles. The molecule has 0 rings (SSSR count). The van der Waals surface area contributed by atoms with Gasteiger partial charge in [-0.2, -0.15) is 0 Å². The van der Waals surface area contributed by atoms with Gasteiger partial charge in [-0.15, -0.1) is 0 Å². The maximum atomic E-state index is 12.6. The summed E-state index contributed by atoms with van der Waals surface area (Å²) in [6, 6.07) is 0.242. The van der Waals surface area contributed by atoms with Gasteiger partial charge in [-0.05, 0) is 56.8 Å². The molecule has 2 nitrogen and oxygen atoms in total. The van der Waals surface area contributed by atoms with Crippen molar-refractivity contribution < 1.29 is 4.79 Å². The molecule has 0 aliphatic heterocycles. The molecule has 1 N–H and O–H groups in total. The molecule has 0 fully saturated rings. The van der Waals surface area contributed by atoms with Gasteiger partial charge in [0.2, 0.25) is 5.91 Å². The Hall–Kier alpha value is -0.530. The summed E-state index contributed by atoms with van der Waals surface area (Å²) >= 11 is 0. The van der Waals surface area contributed by atoms with Crippen LogP contribution in [0.15, 0.2) is 0 Å². The molecule has 25 heavy (non-hydrogen) atoms. The van der Waals surface area contributed by atoms with E-state index in [1.54, 1.807) is 0 Å². The standard InChI is InChI=1S/C23H47NO/c1-9-12-19(4)13-10-11-14-21(22(25)24-18(2)3)16-15-20(5)17-23(6,7)8/h18-21H,9-17H2,1-8H3,(H,24,25). The SMILES string of the molecule is CCCC(C)CCCCC(CCC(C)CC(C)(C)C)C(=O)NC(C)C. The Balaban J connectivity index is 4.39. The van der Waals surface area contributed by atoms with E-state index in [4.69, 9.17) is 0 Å². The second kappa shape index (κ2) is 12.8. The zero-order chi connectivity index (χ0) is 19.5. The monoisotopic (exact) mass is 353 g/mol. The van der Waals surface area contributed by atoms with Crippen molar-refractivity contribution in [2.24, 2.45) is 23.2 Å². The lowest BCUT2D eigenvalue weighted by Crippen LogP contribution is -2.35. The number of carbonyl (C=O) groups excluding carboxylic acids is 1. The minimum Gasteiger partial charge on any atom is -0.354 e. The van der Waals surface area contributed by atoms with E-state index < -0.39 is 0 Å². The van der Waals surface area contributed by atoms with Crippen molar-refractivity contribution in [3.05, 3.63) is 0 Å². The van der Waals surface area contributed by atoms with Gasteiger partial charge >= 0.3 is 0 Å². The Bertz CT molecular complexity index is 342. The number of amides is 1. The molecule has 0 bridgehead atoms. The molecule has 0 aromatic heterocycles. The van der Waals surface area contributed by atoms with E-state index in [1.165, 1.54) is 44.9 Å². The van der Waals surface area contributed by atoms with Crippen LogP contribution in [0.4, 0.5) is 0 Å². The molecule has 2 heteroatoms. The number of hydrogen-bond donors (Lipinski definition) is 1. The third kappa shape index (κ3) is 14.3. The molecule has 150 valence electrons. The highest BCUT2D eigenvalue weighted by Gasteiger charge is 2.21. The fraction of sp³-hybridized carbons (Fsp3) is 0.957. The van der Waals surface area contributed by atoms with Crippen molar-refractivity contribution in [3.8, 4) is 0 Å². The molecule has 3 atom stereocenters. The largest absolute Gasteiger partial charge is 0.354 e. The molecule has 0 aromatic carbocycles. The van der Waals surface area contributed by atoms with Crippen LogP contribution in [0.1, 0.15) is 113 Å². The van der Waals surface area contributed by atoms with Gasteiger partial charge in [0.1, 0.15) is 0 Å². The number of carbonyl (C=O) groups is 1. The van der Waals surface area contributed by atoms with E-state index in [2.05, 4.69) is 60.7 Å². The van der Waals surface area contributed by atoms with Crippen LogP contribution in [-0.4, -0.2) is 11.9 Å². The molecule has 0 aromatic rings. The first kappa shape index (κ1) is 24.5. The average molecular weight is 354 g/mol. The van der Waals surface area contributed by atoms with Crippen LogP contribution in [0.3, 0.4) is 0 Å². The maximum absolute atomic E-state index is 12.6. The summed E-state index contributed by atoms with van der Waals surface area (Å²) < 4.78 is 0. The van der Waals surface area contributed by atoms with Crippen molar-refractivity contribution in [3.63, 3.8) is 0 Å². The summed E-state index contributed by atoms with van der Waals surface area (Å²) in [5.74, 6) is 2.00. The van der Waals surface area contributed by atoms with Crippen molar-refractivity contribution in [2.75, 3.05) is 0 Å². The lowest BCUT2D eigenvalue weighted by molar-refractivity contribution is -0.126. The van der Waals surface area contributed by atoms with Gasteiger partial charge in [0.15, 0.2) is 0 Å². The second-order valence-electron chi connectivity index (χ2n) is 9.99. The van der Waals surface area contributed by atoms with Crippen LogP contribution >= 0.6 is 0 Å². The van der Waals surface area contributed by atoms with Gasteiger partial charge in [0, 0.05) is 12.0 Å². The van der Waals surface area contributed by atoms with Crippen LogP contribution in [0.5, 0.6) is 0 Å². The summed E-state index contributed by atoms with van der Waals surface area (Å²) in [6.45, 7) is 18.0. The lowest BCUT2D eigenvalue weighted by atomic mass is 9.82. The Morgan fingerprint density at radius 2 is 1.44 bits per heavy atom. The second-order valence-corrected chi connectivity index (χ2v) is 9.99. The highest BCUT2D eigenvalue weighted by Crippen LogP contribution is 2.29. The predicted octanol–water partition coefficient (Wildman–Crippen LogP) is 6.98. The van der Waals surface area contributed by atoms with Crippen LogP contribution in [0.2, 0.25) is 0 Å². The van der Waals surface area contributed by atoms with Gasteiger partial charge in [0.05, 0.1) is 0 Å². The Kier molecular flexibility index (Phi) is 12.5. The van der Waals surface area contributed by atoms with Gasteiger partial charge in [-0.3, -0.25) is 4.79 Å². The van der Waals surface area contributed by atoms with E-state index in [0.29, 0.717) is 11.3 Å². The molecule has 0 aliphatic rings. The van der Waals surface area contributed by atoms with E-state index in [1.807, 2.05) is 0 Å². The van der Waals surface area contributed by atoms with Gasteiger partial charge in [-0.25, -0.2) is 0 Å². The lowest BCUT2D eigenvalue weighted by Gasteiger charge is -2.25. The van der Waals surface area contributed by atoms with E-state index >= 15 is 0 Å². The Morgan fingerprint density at radius 1 is 0.840 bits per heavy atom.